The van der Waals surface area contributed by atoms with Gasteiger partial charge in [0, 0.05) is 25.2 Å². The van der Waals surface area contributed by atoms with Gasteiger partial charge in [0.05, 0.1) is 17.1 Å². The Bertz CT molecular complexity index is 1670. The fraction of sp³-hybridized carbons (Fsp3) is 0.513. The predicted octanol–water partition coefficient (Wildman–Crippen LogP) is 12.5. The van der Waals surface area contributed by atoms with Crippen LogP contribution in [-0.4, -0.2) is 20.9 Å². The molecule has 4 rings (SSSR count). The second-order valence-electron chi connectivity index (χ2n) is 13.1. The molecule has 0 bridgehead atoms. The van der Waals surface area contributed by atoms with Crippen LogP contribution in [0.1, 0.15) is 132 Å². The molecular weight excluding hydrogens is 660 g/mol. The molecule has 5 nitrogen and oxygen atoms in total. The van der Waals surface area contributed by atoms with E-state index < -0.39 is 11.9 Å². The van der Waals surface area contributed by atoms with E-state index in [4.69, 9.17) is 11.1 Å². The molecule has 0 aromatic carbocycles. The first-order valence-electron chi connectivity index (χ1n) is 18.0. The molecular formula is C39H52F3N5S2. The summed E-state index contributed by atoms with van der Waals surface area (Å²) in [4.78, 5) is 9.70. The molecule has 0 saturated heterocycles. The zero-order valence-electron chi connectivity index (χ0n) is 29.5. The highest BCUT2D eigenvalue weighted by Gasteiger charge is 2.33. The van der Waals surface area contributed by atoms with E-state index in [1.807, 2.05) is 23.5 Å². The van der Waals surface area contributed by atoms with Crippen LogP contribution in [0.2, 0.25) is 0 Å². The van der Waals surface area contributed by atoms with Crippen molar-refractivity contribution in [1.82, 2.24) is 15.2 Å². The van der Waals surface area contributed by atoms with Crippen LogP contribution >= 0.6 is 22.7 Å². The second-order valence-corrected chi connectivity index (χ2v) is 15.2. The van der Waals surface area contributed by atoms with Gasteiger partial charge in [-0.1, -0.05) is 78.6 Å². The van der Waals surface area contributed by atoms with Crippen LogP contribution in [0.25, 0.3) is 31.6 Å². The van der Waals surface area contributed by atoms with Crippen molar-refractivity contribution in [3.63, 3.8) is 0 Å². The Hall–Kier alpha value is -3.24. The third kappa shape index (κ3) is 11.1. The fourth-order valence-corrected chi connectivity index (χ4v) is 8.60. The molecule has 0 spiro atoms. The van der Waals surface area contributed by atoms with Crippen molar-refractivity contribution >= 4 is 28.4 Å². The molecule has 4 heterocycles. The largest absolute Gasteiger partial charge is 0.432 e. The minimum Gasteiger partial charge on any atom is -0.402 e. The SMILES string of the molecule is CCCCCCc1cc(CCCCCC)c(-c2cc(CCCCCC)c(-c3cc(C(=N)C=C(C)N)nc(-c4cc(C(F)(F)F)[nH]n4)c3)s2)s1. The number of thiophene rings is 2. The summed E-state index contributed by atoms with van der Waals surface area (Å²) in [6, 6.07) is 9.45. The fourth-order valence-electron chi connectivity index (χ4n) is 6.02. The van der Waals surface area contributed by atoms with Gasteiger partial charge in [-0.05, 0) is 98.5 Å². The molecule has 49 heavy (non-hydrogen) atoms. The molecule has 10 heteroatoms. The number of aryl methyl sites for hydroxylation is 3. The van der Waals surface area contributed by atoms with Gasteiger partial charge < -0.3 is 5.73 Å². The number of rotatable bonds is 20. The molecule has 4 aromatic rings. The molecule has 0 aliphatic carbocycles. The van der Waals surface area contributed by atoms with E-state index in [0.717, 1.165) is 55.0 Å². The minimum atomic E-state index is -4.56. The van der Waals surface area contributed by atoms with Gasteiger partial charge in [-0.3, -0.25) is 10.5 Å². The summed E-state index contributed by atoms with van der Waals surface area (Å²) in [6.07, 6.45) is 14.3. The van der Waals surface area contributed by atoms with E-state index in [1.54, 1.807) is 18.3 Å². The van der Waals surface area contributed by atoms with Crippen LogP contribution in [0, 0.1) is 5.41 Å². The number of hydrogen-bond donors (Lipinski definition) is 3. The summed E-state index contributed by atoms with van der Waals surface area (Å²) in [7, 11) is 0. The van der Waals surface area contributed by atoms with E-state index >= 15 is 0 Å². The van der Waals surface area contributed by atoms with Crippen molar-refractivity contribution in [3.8, 4) is 31.6 Å². The summed E-state index contributed by atoms with van der Waals surface area (Å²) in [5, 5.41) is 14.8. The first kappa shape index (κ1) is 38.6. The Morgan fingerprint density at radius 3 is 1.96 bits per heavy atom. The summed E-state index contributed by atoms with van der Waals surface area (Å²) >= 11 is 3.67. The van der Waals surface area contributed by atoms with Gasteiger partial charge in [0.15, 0.2) is 0 Å². The van der Waals surface area contributed by atoms with Gasteiger partial charge >= 0.3 is 6.18 Å². The molecule has 4 aromatic heterocycles. The molecule has 0 atom stereocenters. The maximum Gasteiger partial charge on any atom is 0.432 e. The third-order valence-electron chi connectivity index (χ3n) is 8.65. The van der Waals surface area contributed by atoms with E-state index in [1.165, 1.54) is 89.6 Å². The van der Waals surface area contributed by atoms with Gasteiger partial charge in [-0.25, -0.2) is 4.98 Å². The van der Waals surface area contributed by atoms with Crippen molar-refractivity contribution in [1.29, 1.82) is 5.41 Å². The van der Waals surface area contributed by atoms with E-state index in [0.29, 0.717) is 11.4 Å². The molecule has 0 radical (unpaired) electrons. The van der Waals surface area contributed by atoms with Gasteiger partial charge in [0.25, 0.3) is 0 Å². The third-order valence-corrected chi connectivity index (χ3v) is 11.3. The van der Waals surface area contributed by atoms with Crippen molar-refractivity contribution in [2.24, 2.45) is 5.73 Å². The molecule has 0 unspecified atom stereocenters. The first-order chi connectivity index (χ1) is 23.5. The van der Waals surface area contributed by atoms with E-state index in [2.05, 4.69) is 48.1 Å². The number of aromatic amines is 1. The number of H-pyrrole nitrogens is 1. The Balaban J connectivity index is 1.83. The summed E-state index contributed by atoms with van der Waals surface area (Å²) in [5.41, 5.74) is 9.70. The van der Waals surface area contributed by atoms with Gasteiger partial charge in [0.2, 0.25) is 0 Å². The monoisotopic (exact) mass is 711 g/mol. The average molecular weight is 712 g/mol. The normalized spacial score (nSPS) is 12.3. The Labute approximate surface area is 298 Å². The summed E-state index contributed by atoms with van der Waals surface area (Å²) < 4.78 is 40.5. The number of aromatic nitrogens is 3. The highest BCUT2D eigenvalue weighted by atomic mass is 32.1. The maximum absolute atomic E-state index is 13.5. The van der Waals surface area contributed by atoms with Crippen LogP contribution in [0.15, 0.2) is 42.1 Å². The van der Waals surface area contributed by atoms with E-state index in [-0.39, 0.29) is 17.1 Å². The molecule has 0 saturated carbocycles. The maximum atomic E-state index is 13.5. The number of pyridine rings is 1. The lowest BCUT2D eigenvalue weighted by molar-refractivity contribution is -0.141. The lowest BCUT2D eigenvalue weighted by Crippen LogP contribution is -2.05. The molecule has 266 valence electrons. The van der Waals surface area contributed by atoms with Crippen LogP contribution in [0.4, 0.5) is 13.2 Å². The predicted molar refractivity (Wildman–Crippen MR) is 202 cm³/mol. The van der Waals surface area contributed by atoms with Crippen molar-refractivity contribution < 1.29 is 13.2 Å². The lowest BCUT2D eigenvalue weighted by atomic mass is 10.0. The molecule has 0 fully saturated rings. The number of unbranched alkanes of at least 4 members (excludes halogenated alkanes) is 9. The molecule has 0 aliphatic heterocycles. The van der Waals surface area contributed by atoms with Crippen LogP contribution in [0.3, 0.4) is 0 Å². The van der Waals surface area contributed by atoms with Crippen LogP contribution < -0.4 is 5.73 Å². The standard InChI is InChI=1S/C39H52F3N5S2/c1-5-8-11-14-17-27-21-30(19-16-13-10-7-3)48-38(27)35-24-28(18-15-12-9-6-2)37(49-35)29-22-32(31(44)20-26(4)43)45-33(23-29)34-25-36(47-46-34)39(40,41)42/h20-25,44H,5-19,43H2,1-4H3,(H,46,47). The Kier molecular flexibility index (Phi) is 14.7. The van der Waals surface area contributed by atoms with Gasteiger partial charge in [-0.15, -0.1) is 22.7 Å². The number of allylic oxidation sites excluding steroid dienone is 2. The number of nitrogens with two attached hydrogens (primary N) is 1. The topological polar surface area (TPSA) is 91.4 Å². The Morgan fingerprint density at radius 1 is 0.776 bits per heavy atom. The summed E-state index contributed by atoms with van der Waals surface area (Å²) in [5.74, 6) is 0. The number of nitrogens with one attached hydrogen (secondary N) is 2. The van der Waals surface area contributed by atoms with Crippen molar-refractivity contribution in [2.45, 2.75) is 130 Å². The quantitative estimate of drug-likeness (QED) is 0.0629. The van der Waals surface area contributed by atoms with Crippen LogP contribution in [0.5, 0.6) is 0 Å². The minimum absolute atomic E-state index is 0.0817. The second kappa shape index (κ2) is 18.7. The van der Waals surface area contributed by atoms with Gasteiger partial charge in [-0.2, -0.15) is 18.3 Å². The first-order valence-corrected chi connectivity index (χ1v) is 19.6. The zero-order valence-corrected chi connectivity index (χ0v) is 31.1. The number of hydrogen-bond acceptors (Lipinski definition) is 6. The van der Waals surface area contributed by atoms with Gasteiger partial charge in [0.1, 0.15) is 11.4 Å². The zero-order chi connectivity index (χ0) is 35.4. The average Bonchev–Trinajstić information content (AvgIpc) is 3.82. The number of halogens is 3. The van der Waals surface area contributed by atoms with Crippen molar-refractivity contribution in [2.75, 3.05) is 0 Å². The van der Waals surface area contributed by atoms with Crippen LogP contribution in [-0.2, 0) is 25.4 Å². The molecule has 0 aliphatic rings. The van der Waals surface area contributed by atoms with Crippen molar-refractivity contribution in [3.05, 3.63) is 69.5 Å². The van der Waals surface area contributed by atoms with E-state index in [9.17, 15) is 13.2 Å². The summed E-state index contributed by atoms with van der Waals surface area (Å²) in [6.45, 7) is 8.39. The Morgan fingerprint density at radius 2 is 1.39 bits per heavy atom. The highest BCUT2D eigenvalue weighted by Crippen LogP contribution is 2.45. The number of alkyl halides is 3. The highest BCUT2D eigenvalue weighted by molar-refractivity contribution is 7.24. The lowest BCUT2D eigenvalue weighted by Gasteiger charge is -2.09. The smallest absolute Gasteiger partial charge is 0.402 e. The molecule has 0 amide bonds. The molecule has 4 N–H and O–H groups in total. The number of nitrogens with zero attached hydrogens (tertiary/aromatic N) is 2.